The number of benzene rings is 3. The van der Waals surface area contributed by atoms with Crippen LogP contribution in [0, 0.1) is 21.4 Å². The van der Waals surface area contributed by atoms with Crippen molar-refractivity contribution in [2.75, 3.05) is 11.9 Å². The number of amides is 1. The van der Waals surface area contributed by atoms with Crippen molar-refractivity contribution in [3.8, 4) is 17.6 Å². The molecule has 0 atom stereocenters. The van der Waals surface area contributed by atoms with E-state index < -0.39 is 10.8 Å². The summed E-state index contributed by atoms with van der Waals surface area (Å²) >= 11 is 12.5. The van der Waals surface area contributed by atoms with Gasteiger partial charge in [-0.1, -0.05) is 47.5 Å². The van der Waals surface area contributed by atoms with Gasteiger partial charge in [-0.3, -0.25) is 14.9 Å². The van der Waals surface area contributed by atoms with Crippen molar-refractivity contribution in [2.45, 2.75) is 13.5 Å². The number of carbonyl (C=O) groups is 1. The fraction of sp³-hybridized carbons (Fsp3) is 0.120. The molecular weight excluding hydrogens is 493 g/mol. The first kappa shape index (κ1) is 25.6. The van der Waals surface area contributed by atoms with E-state index in [-0.39, 0.29) is 28.6 Å². The zero-order valence-electron chi connectivity index (χ0n) is 18.5. The minimum Gasteiger partial charge on any atom is -0.490 e. The zero-order chi connectivity index (χ0) is 25.4. The van der Waals surface area contributed by atoms with Gasteiger partial charge in [-0.25, -0.2) is 0 Å². The van der Waals surface area contributed by atoms with Crippen LogP contribution < -0.4 is 14.8 Å². The first-order chi connectivity index (χ1) is 16.8. The molecule has 0 unspecified atom stereocenters. The number of ether oxygens (including phenoxy) is 2. The predicted molar refractivity (Wildman–Crippen MR) is 134 cm³/mol. The summed E-state index contributed by atoms with van der Waals surface area (Å²) in [6.45, 7) is 2.09. The second kappa shape index (κ2) is 11.9. The van der Waals surface area contributed by atoms with Crippen LogP contribution in [-0.2, 0) is 11.4 Å². The molecule has 8 nitrogen and oxygen atoms in total. The molecule has 3 rings (SSSR count). The minimum atomic E-state index is -0.638. The fourth-order valence-electron chi connectivity index (χ4n) is 3.06. The van der Waals surface area contributed by atoms with Gasteiger partial charge >= 0.3 is 0 Å². The van der Waals surface area contributed by atoms with Crippen molar-refractivity contribution in [3.63, 3.8) is 0 Å². The molecule has 0 saturated heterocycles. The Bertz CT molecular complexity index is 1330. The van der Waals surface area contributed by atoms with E-state index in [0.29, 0.717) is 34.2 Å². The Morgan fingerprint density at radius 3 is 2.57 bits per heavy atom. The molecule has 0 aliphatic heterocycles. The number of hydrogen-bond acceptors (Lipinski definition) is 6. The van der Waals surface area contributed by atoms with Crippen molar-refractivity contribution in [1.29, 1.82) is 5.26 Å². The highest BCUT2D eigenvalue weighted by molar-refractivity contribution is 6.34. The first-order valence-electron chi connectivity index (χ1n) is 10.3. The molecule has 0 aliphatic carbocycles. The number of hydrogen-bond donors (Lipinski definition) is 1. The van der Waals surface area contributed by atoms with Crippen LogP contribution in [0.3, 0.4) is 0 Å². The Morgan fingerprint density at radius 2 is 1.89 bits per heavy atom. The largest absolute Gasteiger partial charge is 0.490 e. The molecule has 0 aliphatic rings. The van der Waals surface area contributed by atoms with Gasteiger partial charge in [0, 0.05) is 12.1 Å². The Hall–Kier alpha value is -4.06. The Kier molecular flexibility index (Phi) is 8.68. The van der Waals surface area contributed by atoms with E-state index in [4.69, 9.17) is 32.7 Å². The van der Waals surface area contributed by atoms with Gasteiger partial charge in [0.1, 0.15) is 18.2 Å². The smallest absolute Gasteiger partial charge is 0.269 e. The third kappa shape index (κ3) is 6.73. The number of halogens is 2. The molecule has 1 N–H and O–H groups in total. The summed E-state index contributed by atoms with van der Waals surface area (Å²) in [6, 6.07) is 17.7. The highest BCUT2D eigenvalue weighted by atomic mass is 35.5. The lowest BCUT2D eigenvalue weighted by Gasteiger charge is -2.15. The van der Waals surface area contributed by atoms with Gasteiger partial charge < -0.3 is 14.8 Å². The number of nitro groups is 1. The zero-order valence-corrected chi connectivity index (χ0v) is 20.0. The van der Waals surface area contributed by atoms with Crippen LogP contribution in [0.25, 0.3) is 6.08 Å². The summed E-state index contributed by atoms with van der Waals surface area (Å²) in [5, 5.41) is 23.6. The van der Waals surface area contributed by atoms with E-state index in [1.807, 2.05) is 6.07 Å². The van der Waals surface area contributed by atoms with Crippen molar-refractivity contribution in [2.24, 2.45) is 0 Å². The van der Waals surface area contributed by atoms with E-state index >= 15 is 0 Å². The van der Waals surface area contributed by atoms with Gasteiger partial charge in [-0.2, -0.15) is 5.26 Å². The maximum absolute atomic E-state index is 12.6. The molecule has 0 heterocycles. The van der Waals surface area contributed by atoms with E-state index in [0.717, 1.165) is 0 Å². The standard InChI is InChI=1S/C25H19Cl2N3O5/c1-2-34-23-13-17(10-18(14-28)25(31)29-22-9-4-3-8-20(22)26)12-21(27)24(23)35-15-16-6-5-7-19(11-16)30(32)33/h3-13H,2,15H2,1H3,(H,29,31)/b18-10+. The monoisotopic (exact) mass is 511 g/mol. The number of rotatable bonds is 9. The molecular formula is C25H19Cl2N3O5. The number of nitrogens with zero attached hydrogens (tertiary/aromatic N) is 2. The number of non-ortho nitro benzene ring substituents is 1. The van der Waals surface area contributed by atoms with Crippen molar-refractivity contribution < 1.29 is 19.2 Å². The van der Waals surface area contributed by atoms with Crippen LogP contribution in [0.5, 0.6) is 11.5 Å². The second-order valence-electron chi connectivity index (χ2n) is 7.08. The maximum Gasteiger partial charge on any atom is 0.269 e. The van der Waals surface area contributed by atoms with Crippen molar-refractivity contribution in [1.82, 2.24) is 0 Å². The third-order valence-corrected chi connectivity index (χ3v) is 5.24. The summed E-state index contributed by atoms with van der Waals surface area (Å²) in [7, 11) is 0. The van der Waals surface area contributed by atoms with Gasteiger partial charge in [0.2, 0.25) is 0 Å². The molecule has 0 bridgehead atoms. The van der Waals surface area contributed by atoms with Gasteiger partial charge in [0.15, 0.2) is 11.5 Å². The predicted octanol–water partition coefficient (Wildman–Crippen LogP) is 6.42. The molecule has 10 heteroatoms. The van der Waals surface area contributed by atoms with Crippen molar-refractivity contribution in [3.05, 3.63) is 97.5 Å². The van der Waals surface area contributed by atoms with E-state index in [1.54, 1.807) is 49.4 Å². The molecule has 0 fully saturated rings. The van der Waals surface area contributed by atoms with Crippen LogP contribution >= 0.6 is 23.2 Å². The normalized spacial score (nSPS) is 10.9. The number of carbonyl (C=O) groups excluding carboxylic acids is 1. The summed E-state index contributed by atoms with van der Waals surface area (Å²) in [6.07, 6.45) is 1.37. The summed E-state index contributed by atoms with van der Waals surface area (Å²) < 4.78 is 11.5. The lowest BCUT2D eigenvalue weighted by atomic mass is 10.1. The third-order valence-electron chi connectivity index (χ3n) is 4.63. The minimum absolute atomic E-state index is 0.0142. The lowest BCUT2D eigenvalue weighted by Crippen LogP contribution is -2.13. The summed E-state index contributed by atoms with van der Waals surface area (Å²) in [5.41, 5.74) is 1.16. The quantitative estimate of drug-likeness (QED) is 0.153. The topological polar surface area (TPSA) is 114 Å². The average molecular weight is 512 g/mol. The van der Waals surface area contributed by atoms with Gasteiger partial charge in [-0.15, -0.1) is 0 Å². The number of anilines is 1. The lowest BCUT2D eigenvalue weighted by molar-refractivity contribution is -0.384. The molecule has 0 saturated carbocycles. The van der Waals surface area contributed by atoms with Crippen LogP contribution in [0.15, 0.2) is 66.2 Å². The molecule has 35 heavy (non-hydrogen) atoms. The molecule has 3 aromatic carbocycles. The molecule has 3 aromatic rings. The molecule has 1 amide bonds. The van der Waals surface area contributed by atoms with E-state index in [9.17, 15) is 20.2 Å². The van der Waals surface area contributed by atoms with Gasteiger partial charge in [-0.05, 0) is 48.4 Å². The molecule has 0 aromatic heterocycles. The SMILES string of the molecule is CCOc1cc(/C=C(\C#N)C(=O)Nc2ccccc2Cl)cc(Cl)c1OCc1cccc([N+](=O)[O-])c1. The number of nitrogens with one attached hydrogen (secondary N) is 1. The molecule has 0 radical (unpaired) electrons. The van der Waals surface area contributed by atoms with E-state index in [2.05, 4.69) is 5.32 Å². The highest BCUT2D eigenvalue weighted by Gasteiger charge is 2.16. The first-order valence-corrected chi connectivity index (χ1v) is 11.1. The van der Waals surface area contributed by atoms with Crippen molar-refractivity contribution >= 4 is 46.6 Å². The summed E-state index contributed by atoms with van der Waals surface area (Å²) in [5.74, 6) is -0.114. The van der Waals surface area contributed by atoms with E-state index in [1.165, 1.54) is 24.3 Å². The summed E-state index contributed by atoms with van der Waals surface area (Å²) in [4.78, 5) is 23.1. The average Bonchev–Trinajstić information content (AvgIpc) is 2.83. The number of nitro benzene ring substituents is 1. The van der Waals surface area contributed by atoms with Crippen LogP contribution in [0.1, 0.15) is 18.1 Å². The Labute approximate surface area is 211 Å². The Balaban J connectivity index is 1.86. The molecule has 178 valence electrons. The van der Waals surface area contributed by atoms with Crippen LogP contribution in [0.2, 0.25) is 10.0 Å². The Morgan fingerprint density at radius 1 is 1.11 bits per heavy atom. The van der Waals surface area contributed by atoms with Crippen LogP contribution in [0.4, 0.5) is 11.4 Å². The number of nitriles is 1. The highest BCUT2D eigenvalue weighted by Crippen LogP contribution is 2.38. The van der Waals surface area contributed by atoms with Crippen LogP contribution in [-0.4, -0.2) is 17.4 Å². The van der Waals surface area contributed by atoms with Gasteiger partial charge in [0.25, 0.3) is 11.6 Å². The fourth-order valence-corrected chi connectivity index (χ4v) is 3.51. The van der Waals surface area contributed by atoms with Gasteiger partial charge in [0.05, 0.1) is 27.3 Å². The molecule has 0 spiro atoms. The maximum atomic E-state index is 12.6. The second-order valence-corrected chi connectivity index (χ2v) is 7.90. The number of para-hydroxylation sites is 1.